The Bertz CT molecular complexity index is 838. The van der Waals surface area contributed by atoms with Crippen molar-refractivity contribution in [3.05, 3.63) is 47.8 Å². The maximum atomic E-state index is 13.0. The van der Waals surface area contributed by atoms with Gasteiger partial charge in [0, 0.05) is 11.9 Å². The Morgan fingerprint density at radius 1 is 1.43 bits per heavy atom. The molecule has 2 aromatic heterocycles. The Kier molecular flexibility index (Phi) is 3.37. The third kappa shape index (κ3) is 2.30. The molecule has 1 fully saturated rings. The molecule has 0 spiro atoms. The molecule has 6 nitrogen and oxygen atoms in total. The SMILES string of the molecule is CCc1ccc2occ(C(=O)N3CCC[C@@H]3c3ncon3)c2c1. The molecule has 3 heterocycles. The molecular weight excluding hydrogens is 294 g/mol. The lowest BCUT2D eigenvalue weighted by atomic mass is 10.1. The molecular formula is C17H17N3O3. The Hall–Kier alpha value is -2.63. The molecule has 1 saturated heterocycles. The summed E-state index contributed by atoms with van der Waals surface area (Å²) in [6, 6.07) is 5.86. The topological polar surface area (TPSA) is 72.4 Å². The average molecular weight is 311 g/mol. The van der Waals surface area contributed by atoms with Gasteiger partial charge in [0.1, 0.15) is 11.8 Å². The third-order valence-electron chi connectivity index (χ3n) is 4.47. The van der Waals surface area contributed by atoms with Crippen LogP contribution in [-0.2, 0) is 6.42 Å². The average Bonchev–Trinajstić information content (AvgIpc) is 3.31. The number of likely N-dealkylation sites (tertiary alicyclic amines) is 1. The van der Waals surface area contributed by atoms with E-state index in [0.717, 1.165) is 30.2 Å². The van der Waals surface area contributed by atoms with E-state index in [4.69, 9.17) is 8.94 Å². The van der Waals surface area contributed by atoms with Crippen molar-refractivity contribution < 1.29 is 13.7 Å². The van der Waals surface area contributed by atoms with Gasteiger partial charge in [-0.1, -0.05) is 18.1 Å². The second-order valence-electron chi connectivity index (χ2n) is 5.78. The van der Waals surface area contributed by atoms with Gasteiger partial charge >= 0.3 is 0 Å². The second kappa shape index (κ2) is 5.53. The van der Waals surface area contributed by atoms with Gasteiger partial charge < -0.3 is 13.8 Å². The van der Waals surface area contributed by atoms with E-state index < -0.39 is 0 Å². The van der Waals surface area contributed by atoms with Crippen molar-refractivity contribution in [2.24, 2.45) is 0 Å². The number of aryl methyl sites for hydroxylation is 1. The first-order chi connectivity index (χ1) is 11.3. The number of benzene rings is 1. The summed E-state index contributed by atoms with van der Waals surface area (Å²) in [5.74, 6) is 0.530. The van der Waals surface area contributed by atoms with Crippen molar-refractivity contribution in [1.82, 2.24) is 15.0 Å². The van der Waals surface area contributed by atoms with Crippen LogP contribution in [0.3, 0.4) is 0 Å². The zero-order chi connectivity index (χ0) is 15.8. The summed E-state index contributed by atoms with van der Waals surface area (Å²) in [6.45, 7) is 2.79. The van der Waals surface area contributed by atoms with Crippen molar-refractivity contribution in [2.75, 3.05) is 6.54 Å². The molecule has 118 valence electrons. The van der Waals surface area contributed by atoms with Gasteiger partial charge in [0.25, 0.3) is 5.91 Å². The molecule has 1 aromatic carbocycles. The predicted octanol–water partition coefficient (Wildman–Crippen LogP) is 3.36. The van der Waals surface area contributed by atoms with Crippen molar-refractivity contribution in [1.29, 1.82) is 0 Å². The zero-order valence-corrected chi connectivity index (χ0v) is 12.9. The number of carbonyl (C=O) groups excluding carboxylic acids is 1. The lowest BCUT2D eigenvalue weighted by Crippen LogP contribution is -2.30. The molecule has 1 aliphatic heterocycles. The molecule has 1 amide bonds. The molecule has 0 radical (unpaired) electrons. The minimum absolute atomic E-state index is 0.0377. The molecule has 6 heteroatoms. The van der Waals surface area contributed by atoms with Crippen LogP contribution in [0.15, 0.2) is 39.8 Å². The fraction of sp³-hybridized carbons (Fsp3) is 0.353. The molecule has 0 saturated carbocycles. The van der Waals surface area contributed by atoms with Crippen molar-refractivity contribution >= 4 is 16.9 Å². The summed E-state index contributed by atoms with van der Waals surface area (Å²) >= 11 is 0. The highest BCUT2D eigenvalue weighted by atomic mass is 16.5. The van der Waals surface area contributed by atoms with Gasteiger partial charge in [-0.05, 0) is 37.0 Å². The number of carbonyl (C=O) groups is 1. The van der Waals surface area contributed by atoms with Crippen LogP contribution in [0.25, 0.3) is 11.0 Å². The summed E-state index contributed by atoms with van der Waals surface area (Å²) in [7, 11) is 0. The Balaban J connectivity index is 1.71. The summed E-state index contributed by atoms with van der Waals surface area (Å²) < 4.78 is 10.4. The van der Waals surface area contributed by atoms with Gasteiger partial charge in [0.2, 0.25) is 6.39 Å². The molecule has 1 atom stereocenters. The Morgan fingerprint density at radius 3 is 3.13 bits per heavy atom. The van der Waals surface area contributed by atoms with E-state index in [-0.39, 0.29) is 11.9 Å². The van der Waals surface area contributed by atoms with Gasteiger partial charge in [0.05, 0.1) is 11.6 Å². The highest BCUT2D eigenvalue weighted by Crippen LogP contribution is 2.33. The fourth-order valence-electron chi connectivity index (χ4n) is 3.22. The number of fused-ring (bicyclic) bond motifs is 1. The number of aromatic nitrogens is 2. The van der Waals surface area contributed by atoms with E-state index in [2.05, 4.69) is 17.1 Å². The van der Waals surface area contributed by atoms with Gasteiger partial charge in [0.15, 0.2) is 5.82 Å². The van der Waals surface area contributed by atoms with E-state index in [1.807, 2.05) is 23.1 Å². The summed E-state index contributed by atoms with van der Waals surface area (Å²) in [5.41, 5.74) is 2.52. The number of furan rings is 1. The summed E-state index contributed by atoms with van der Waals surface area (Å²) in [5, 5.41) is 4.77. The van der Waals surface area contributed by atoms with E-state index in [1.54, 1.807) is 6.26 Å². The number of hydrogen-bond donors (Lipinski definition) is 0. The highest BCUT2D eigenvalue weighted by Gasteiger charge is 2.34. The second-order valence-corrected chi connectivity index (χ2v) is 5.78. The number of nitrogens with zero attached hydrogens (tertiary/aromatic N) is 3. The van der Waals surface area contributed by atoms with Crippen molar-refractivity contribution in [3.63, 3.8) is 0 Å². The van der Waals surface area contributed by atoms with Crippen LogP contribution >= 0.6 is 0 Å². The number of hydrogen-bond acceptors (Lipinski definition) is 5. The maximum absolute atomic E-state index is 13.0. The monoisotopic (exact) mass is 311 g/mol. The summed E-state index contributed by atoms with van der Waals surface area (Å²) in [6.07, 6.45) is 5.56. The summed E-state index contributed by atoms with van der Waals surface area (Å²) in [4.78, 5) is 18.9. The molecule has 3 aromatic rings. The molecule has 0 aliphatic carbocycles. The van der Waals surface area contributed by atoms with Gasteiger partial charge in [-0.3, -0.25) is 4.79 Å². The maximum Gasteiger partial charge on any atom is 0.258 e. The zero-order valence-electron chi connectivity index (χ0n) is 12.9. The van der Waals surface area contributed by atoms with E-state index in [1.165, 1.54) is 12.0 Å². The van der Waals surface area contributed by atoms with Gasteiger partial charge in [-0.25, -0.2) is 0 Å². The van der Waals surface area contributed by atoms with Crippen LogP contribution in [-0.4, -0.2) is 27.5 Å². The minimum Gasteiger partial charge on any atom is -0.463 e. The largest absolute Gasteiger partial charge is 0.463 e. The lowest BCUT2D eigenvalue weighted by molar-refractivity contribution is 0.0729. The van der Waals surface area contributed by atoms with Gasteiger partial charge in [-0.15, -0.1) is 0 Å². The van der Waals surface area contributed by atoms with Crippen molar-refractivity contribution in [2.45, 2.75) is 32.2 Å². The number of rotatable bonds is 3. The quantitative estimate of drug-likeness (QED) is 0.741. The highest BCUT2D eigenvalue weighted by molar-refractivity contribution is 6.06. The molecule has 0 N–H and O–H groups in total. The van der Waals surface area contributed by atoms with E-state index in [9.17, 15) is 4.79 Å². The normalized spacial score (nSPS) is 18.0. The Labute approximate surface area is 133 Å². The fourth-order valence-corrected chi connectivity index (χ4v) is 3.22. The molecule has 4 rings (SSSR count). The molecule has 0 bridgehead atoms. The van der Waals surface area contributed by atoms with Crippen LogP contribution in [0.4, 0.5) is 0 Å². The first kappa shape index (κ1) is 14.0. The van der Waals surface area contributed by atoms with E-state index >= 15 is 0 Å². The first-order valence-corrected chi connectivity index (χ1v) is 7.85. The molecule has 1 aliphatic rings. The van der Waals surface area contributed by atoms with Crippen LogP contribution in [0.1, 0.15) is 47.6 Å². The van der Waals surface area contributed by atoms with Crippen LogP contribution < -0.4 is 0 Å². The molecule has 0 unspecified atom stereocenters. The predicted molar refractivity (Wildman–Crippen MR) is 82.9 cm³/mol. The standard InChI is InChI=1S/C17H17N3O3/c1-2-11-5-6-15-12(8-11)13(9-22-15)17(21)20-7-3-4-14(20)16-18-10-23-19-16/h5-6,8-10,14H,2-4,7H2,1H3/t14-/m1/s1. The Morgan fingerprint density at radius 2 is 2.35 bits per heavy atom. The first-order valence-electron chi connectivity index (χ1n) is 7.85. The van der Waals surface area contributed by atoms with Crippen LogP contribution in [0.2, 0.25) is 0 Å². The van der Waals surface area contributed by atoms with E-state index in [0.29, 0.717) is 17.9 Å². The van der Waals surface area contributed by atoms with Gasteiger partial charge in [-0.2, -0.15) is 4.98 Å². The van der Waals surface area contributed by atoms with Crippen molar-refractivity contribution in [3.8, 4) is 0 Å². The smallest absolute Gasteiger partial charge is 0.258 e. The minimum atomic E-state index is -0.124. The van der Waals surface area contributed by atoms with Crippen LogP contribution in [0, 0.1) is 0 Å². The third-order valence-corrected chi connectivity index (χ3v) is 4.47. The lowest BCUT2D eigenvalue weighted by Gasteiger charge is -2.21. The number of amides is 1. The van der Waals surface area contributed by atoms with Crippen LogP contribution in [0.5, 0.6) is 0 Å². The molecule has 23 heavy (non-hydrogen) atoms.